The standard InChI is InChI=1S/C19H20F2N2O4/c1-12(24)23(13-4-6-15(20)16(21)10-13)9-8-19(25)22-17-7-5-14(26-2)11-18(17)27-3/h4-7,10-11H,8-9H2,1-3H3,(H,22,25). The maximum Gasteiger partial charge on any atom is 0.226 e. The van der Waals surface area contributed by atoms with E-state index in [4.69, 9.17) is 9.47 Å². The average molecular weight is 378 g/mol. The molecule has 0 saturated heterocycles. The summed E-state index contributed by atoms with van der Waals surface area (Å²) in [4.78, 5) is 25.3. The highest BCUT2D eigenvalue weighted by Crippen LogP contribution is 2.29. The normalized spacial score (nSPS) is 10.3. The zero-order chi connectivity index (χ0) is 20.0. The lowest BCUT2D eigenvalue weighted by Gasteiger charge is -2.21. The molecular weight excluding hydrogens is 358 g/mol. The van der Waals surface area contributed by atoms with Crippen molar-refractivity contribution in [1.29, 1.82) is 0 Å². The van der Waals surface area contributed by atoms with E-state index in [0.717, 1.165) is 12.1 Å². The molecule has 0 saturated carbocycles. The molecule has 2 amide bonds. The fourth-order valence-electron chi connectivity index (χ4n) is 2.45. The van der Waals surface area contributed by atoms with Gasteiger partial charge in [0, 0.05) is 37.7 Å². The van der Waals surface area contributed by atoms with Gasteiger partial charge in [-0.2, -0.15) is 0 Å². The molecule has 0 radical (unpaired) electrons. The lowest BCUT2D eigenvalue weighted by Crippen LogP contribution is -2.32. The van der Waals surface area contributed by atoms with Crippen molar-refractivity contribution in [1.82, 2.24) is 0 Å². The van der Waals surface area contributed by atoms with Crippen molar-refractivity contribution in [3.63, 3.8) is 0 Å². The second-order valence-corrected chi connectivity index (χ2v) is 5.63. The minimum Gasteiger partial charge on any atom is -0.497 e. The van der Waals surface area contributed by atoms with Crippen LogP contribution in [-0.2, 0) is 9.59 Å². The molecule has 0 bridgehead atoms. The first kappa shape index (κ1) is 20.2. The Bertz CT molecular complexity index is 842. The van der Waals surface area contributed by atoms with E-state index < -0.39 is 17.5 Å². The van der Waals surface area contributed by atoms with Gasteiger partial charge in [-0.25, -0.2) is 8.78 Å². The first-order valence-corrected chi connectivity index (χ1v) is 8.10. The number of hydrogen-bond acceptors (Lipinski definition) is 4. The summed E-state index contributed by atoms with van der Waals surface area (Å²) in [5, 5.41) is 2.69. The third-order valence-corrected chi connectivity index (χ3v) is 3.84. The van der Waals surface area contributed by atoms with Crippen molar-refractivity contribution < 1.29 is 27.8 Å². The number of nitrogens with zero attached hydrogens (tertiary/aromatic N) is 1. The van der Waals surface area contributed by atoms with Crippen molar-refractivity contribution in [2.24, 2.45) is 0 Å². The van der Waals surface area contributed by atoms with Gasteiger partial charge >= 0.3 is 0 Å². The lowest BCUT2D eigenvalue weighted by molar-refractivity contribution is -0.117. The molecule has 1 N–H and O–H groups in total. The van der Waals surface area contributed by atoms with Crippen LogP contribution in [0.1, 0.15) is 13.3 Å². The molecule has 0 aliphatic rings. The Morgan fingerprint density at radius 3 is 2.37 bits per heavy atom. The monoisotopic (exact) mass is 378 g/mol. The maximum absolute atomic E-state index is 13.4. The highest BCUT2D eigenvalue weighted by atomic mass is 19.2. The Labute approximate surface area is 155 Å². The van der Waals surface area contributed by atoms with Crippen LogP contribution in [0.15, 0.2) is 36.4 Å². The first-order valence-electron chi connectivity index (χ1n) is 8.10. The Hall–Kier alpha value is -3.16. The quantitative estimate of drug-likeness (QED) is 0.802. The smallest absolute Gasteiger partial charge is 0.226 e. The SMILES string of the molecule is COc1ccc(NC(=O)CCN(C(C)=O)c2ccc(F)c(F)c2)c(OC)c1. The van der Waals surface area contributed by atoms with Crippen LogP contribution in [0.3, 0.4) is 0 Å². The number of anilines is 2. The topological polar surface area (TPSA) is 67.9 Å². The summed E-state index contributed by atoms with van der Waals surface area (Å²) in [5.41, 5.74) is 0.627. The van der Waals surface area contributed by atoms with Gasteiger partial charge in [-0.05, 0) is 24.3 Å². The van der Waals surface area contributed by atoms with Crippen LogP contribution < -0.4 is 19.7 Å². The van der Waals surface area contributed by atoms with Gasteiger partial charge in [0.15, 0.2) is 11.6 Å². The number of carbonyl (C=O) groups excluding carboxylic acids is 2. The van der Waals surface area contributed by atoms with Crippen molar-refractivity contribution >= 4 is 23.2 Å². The molecule has 0 spiro atoms. The van der Waals surface area contributed by atoms with Crippen LogP contribution in [0, 0.1) is 11.6 Å². The van der Waals surface area contributed by atoms with Gasteiger partial charge in [-0.15, -0.1) is 0 Å². The molecule has 144 valence electrons. The maximum atomic E-state index is 13.4. The zero-order valence-electron chi connectivity index (χ0n) is 15.2. The van der Waals surface area contributed by atoms with Crippen molar-refractivity contribution in [2.45, 2.75) is 13.3 Å². The third-order valence-electron chi connectivity index (χ3n) is 3.84. The number of rotatable bonds is 7. The minimum atomic E-state index is -1.06. The summed E-state index contributed by atoms with van der Waals surface area (Å²) < 4.78 is 36.8. The Morgan fingerprint density at radius 1 is 1.04 bits per heavy atom. The van der Waals surface area contributed by atoms with E-state index in [1.165, 1.54) is 32.1 Å². The van der Waals surface area contributed by atoms with Crippen LogP contribution >= 0.6 is 0 Å². The van der Waals surface area contributed by atoms with E-state index >= 15 is 0 Å². The molecule has 0 unspecified atom stereocenters. The van der Waals surface area contributed by atoms with Gasteiger partial charge in [0.1, 0.15) is 11.5 Å². The summed E-state index contributed by atoms with van der Waals surface area (Å²) in [5.74, 6) is -1.83. The molecule has 2 aromatic carbocycles. The number of carbonyl (C=O) groups is 2. The second kappa shape index (κ2) is 8.98. The number of nitrogens with one attached hydrogen (secondary N) is 1. The Balaban J connectivity index is 2.06. The van der Waals surface area contributed by atoms with E-state index in [1.807, 2.05) is 0 Å². The third kappa shape index (κ3) is 5.16. The fraction of sp³-hybridized carbons (Fsp3) is 0.263. The van der Waals surface area contributed by atoms with E-state index in [-0.39, 0.29) is 24.6 Å². The Kier molecular flexibility index (Phi) is 6.70. The van der Waals surface area contributed by atoms with Gasteiger partial charge < -0.3 is 19.7 Å². The molecular formula is C19H20F2N2O4. The lowest BCUT2D eigenvalue weighted by atomic mass is 10.2. The molecule has 0 aliphatic carbocycles. The summed E-state index contributed by atoms with van der Waals surface area (Å²) in [7, 11) is 2.98. The zero-order valence-corrected chi connectivity index (χ0v) is 15.2. The van der Waals surface area contributed by atoms with E-state index in [9.17, 15) is 18.4 Å². The van der Waals surface area contributed by atoms with Crippen molar-refractivity contribution in [3.05, 3.63) is 48.0 Å². The average Bonchev–Trinajstić information content (AvgIpc) is 2.64. The molecule has 0 aliphatic heterocycles. The van der Waals surface area contributed by atoms with Gasteiger partial charge in [-0.1, -0.05) is 0 Å². The van der Waals surface area contributed by atoms with Crippen LogP contribution in [-0.4, -0.2) is 32.6 Å². The van der Waals surface area contributed by atoms with E-state index in [2.05, 4.69) is 5.32 Å². The molecule has 8 heteroatoms. The predicted molar refractivity (Wildman–Crippen MR) is 97.2 cm³/mol. The van der Waals surface area contributed by atoms with E-state index in [1.54, 1.807) is 18.2 Å². The van der Waals surface area contributed by atoms with Crippen LogP contribution in [0.25, 0.3) is 0 Å². The number of ether oxygens (including phenoxy) is 2. The van der Waals surface area contributed by atoms with Gasteiger partial charge in [-0.3, -0.25) is 9.59 Å². The molecule has 6 nitrogen and oxygen atoms in total. The highest BCUT2D eigenvalue weighted by molar-refractivity contribution is 5.95. The molecule has 0 heterocycles. The number of amides is 2. The van der Waals surface area contributed by atoms with Crippen molar-refractivity contribution in [3.8, 4) is 11.5 Å². The number of halogens is 2. The molecule has 2 rings (SSSR count). The second-order valence-electron chi connectivity index (χ2n) is 5.63. The van der Waals surface area contributed by atoms with Gasteiger partial charge in [0.25, 0.3) is 0 Å². The van der Waals surface area contributed by atoms with Crippen molar-refractivity contribution in [2.75, 3.05) is 31.0 Å². The minimum absolute atomic E-state index is 0.00467. The van der Waals surface area contributed by atoms with E-state index in [0.29, 0.717) is 17.2 Å². The van der Waals surface area contributed by atoms with Gasteiger partial charge in [0.05, 0.1) is 19.9 Å². The molecule has 27 heavy (non-hydrogen) atoms. The predicted octanol–water partition coefficient (Wildman–Crippen LogP) is 3.36. The van der Waals surface area contributed by atoms with Crippen LogP contribution in [0.5, 0.6) is 11.5 Å². The fourth-order valence-corrected chi connectivity index (χ4v) is 2.45. The summed E-state index contributed by atoms with van der Waals surface area (Å²) in [6.07, 6.45) is -0.0479. The number of methoxy groups -OCH3 is 2. The van der Waals surface area contributed by atoms with Crippen LogP contribution in [0.4, 0.5) is 20.2 Å². The number of hydrogen-bond donors (Lipinski definition) is 1. The molecule has 0 fully saturated rings. The molecule has 2 aromatic rings. The molecule has 0 atom stereocenters. The summed E-state index contributed by atoms with van der Waals surface area (Å²) in [6.45, 7) is 1.29. The highest BCUT2D eigenvalue weighted by Gasteiger charge is 2.16. The molecule has 0 aromatic heterocycles. The van der Waals surface area contributed by atoms with Crippen LogP contribution in [0.2, 0.25) is 0 Å². The Morgan fingerprint density at radius 2 is 1.78 bits per heavy atom. The number of benzene rings is 2. The summed E-state index contributed by atoms with van der Waals surface area (Å²) >= 11 is 0. The summed E-state index contributed by atoms with van der Waals surface area (Å²) in [6, 6.07) is 8.06. The largest absolute Gasteiger partial charge is 0.497 e. The van der Waals surface area contributed by atoms with Gasteiger partial charge in [0.2, 0.25) is 11.8 Å². The first-order chi connectivity index (χ1) is 12.8.